The largest absolute Gasteiger partial charge is 0.405 e. The number of rotatable bonds is 17. The van der Waals surface area contributed by atoms with Gasteiger partial charge in [-0.05, 0) is 26.2 Å². The molecule has 0 aliphatic carbocycles. The fraction of sp³-hybridized carbons (Fsp3) is 1.00. The van der Waals surface area contributed by atoms with Crippen LogP contribution in [-0.4, -0.2) is 25.1 Å². The van der Waals surface area contributed by atoms with E-state index in [1.165, 1.54) is 38.5 Å². The summed E-state index contributed by atoms with van der Waals surface area (Å²) in [5.41, 5.74) is 0. The Labute approximate surface area is 145 Å². The van der Waals surface area contributed by atoms with Crippen molar-refractivity contribution in [2.45, 2.75) is 78.1 Å². The van der Waals surface area contributed by atoms with E-state index < -0.39 is 7.75 Å². The zero-order valence-electron chi connectivity index (χ0n) is 14.4. The molecule has 1 atom stereocenters. The molecule has 22 heavy (non-hydrogen) atoms. The van der Waals surface area contributed by atoms with Crippen LogP contribution in [0.15, 0.2) is 0 Å². The van der Waals surface area contributed by atoms with Gasteiger partial charge in [0.25, 0.3) is 0 Å². The van der Waals surface area contributed by atoms with Gasteiger partial charge in [-0.2, -0.15) is 0 Å². The number of unbranched alkanes of at least 4 members (excludes halogenated alkanes) is 8. The first-order chi connectivity index (χ1) is 10.7. The van der Waals surface area contributed by atoms with Crippen LogP contribution in [0.3, 0.4) is 0 Å². The first kappa shape index (κ1) is 22.6. The SMILES string of the molecule is CCCCCCCCCNP(=O)(OCC)OCCCCCBr. The smallest absolute Gasteiger partial charge is 0.297 e. The lowest BCUT2D eigenvalue weighted by atomic mass is 10.1. The molecule has 134 valence electrons. The Kier molecular flexibility index (Phi) is 16.9. The third kappa shape index (κ3) is 14.2. The zero-order valence-corrected chi connectivity index (χ0v) is 16.9. The molecule has 0 saturated heterocycles. The summed E-state index contributed by atoms with van der Waals surface area (Å²) in [6, 6.07) is 0. The molecule has 0 aliphatic heterocycles. The summed E-state index contributed by atoms with van der Waals surface area (Å²) in [5, 5.41) is 4.00. The normalized spacial score (nSPS) is 14.1. The maximum atomic E-state index is 12.5. The molecule has 1 N–H and O–H groups in total. The highest BCUT2D eigenvalue weighted by molar-refractivity contribution is 9.09. The summed E-state index contributed by atoms with van der Waals surface area (Å²) >= 11 is 3.40. The highest BCUT2D eigenvalue weighted by Crippen LogP contribution is 2.43. The molecule has 0 aliphatic rings. The van der Waals surface area contributed by atoms with Crippen LogP contribution in [0.2, 0.25) is 0 Å². The van der Waals surface area contributed by atoms with Crippen molar-refractivity contribution in [3.8, 4) is 0 Å². The average molecular weight is 400 g/mol. The number of nitrogens with one attached hydrogen (secondary N) is 1. The van der Waals surface area contributed by atoms with E-state index in [0.717, 1.165) is 31.0 Å². The molecule has 6 heteroatoms. The Balaban J connectivity index is 3.71. The minimum absolute atomic E-state index is 0.405. The molecule has 0 amide bonds. The van der Waals surface area contributed by atoms with Gasteiger partial charge in [0.2, 0.25) is 0 Å². The molecule has 0 fully saturated rings. The van der Waals surface area contributed by atoms with Gasteiger partial charge < -0.3 is 0 Å². The topological polar surface area (TPSA) is 47.6 Å². The molecule has 1 unspecified atom stereocenters. The lowest BCUT2D eigenvalue weighted by Crippen LogP contribution is -2.16. The van der Waals surface area contributed by atoms with E-state index in [1.54, 1.807) is 0 Å². The molecule has 0 spiro atoms. The number of halogens is 1. The molecule has 0 bridgehead atoms. The van der Waals surface area contributed by atoms with Gasteiger partial charge >= 0.3 is 7.75 Å². The van der Waals surface area contributed by atoms with Gasteiger partial charge in [0.1, 0.15) is 0 Å². The molecule has 0 rings (SSSR count). The molecular formula is C16H35BrNO3P. The minimum atomic E-state index is -3.10. The summed E-state index contributed by atoms with van der Waals surface area (Å²) < 4.78 is 23.2. The number of hydrogen-bond donors (Lipinski definition) is 1. The molecule has 0 aromatic rings. The molecule has 0 heterocycles. The second kappa shape index (κ2) is 16.4. The molecule has 4 nitrogen and oxygen atoms in total. The van der Waals surface area contributed by atoms with E-state index in [4.69, 9.17) is 9.05 Å². The van der Waals surface area contributed by atoms with E-state index in [9.17, 15) is 4.57 Å². The van der Waals surface area contributed by atoms with Crippen LogP contribution in [0.25, 0.3) is 0 Å². The maximum absolute atomic E-state index is 12.5. The van der Waals surface area contributed by atoms with Crippen molar-refractivity contribution in [1.82, 2.24) is 5.09 Å². The van der Waals surface area contributed by atoms with Crippen LogP contribution >= 0.6 is 23.7 Å². The number of alkyl halides is 1. The van der Waals surface area contributed by atoms with Gasteiger partial charge in [0.05, 0.1) is 13.2 Å². The Hall–Kier alpha value is 0.590. The summed E-state index contributed by atoms with van der Waals surface area (Å²) in [4.78, 5) is 0. The van der Waals surface area contributed by atoms with Crippen molar-refractivity contribution in [2.24, 2.45) is 0 Å². The standard InChI is InChI=1S/C16H35BrNO3P/c1-3-5-6-7-8-9-12-15-18-22(19,20-4-2)21-16-13-10-11-14-17/h3-16H2,1-2H3,(H,18,19). The first-order valence-corrected chi connectivity index (χ1v) is 11.5. The zero-order chi connectivity index (χ0) is 16.5. The van der Waals surface area contributed by atoms with Gasteiger partial charge in [0.15, 0.2) is 0 Å². The molecule has 0 aromatic carbocycles. The van der Waals surface area contributed by atoms with E-state index in [-0.39, 0.29) is 0 Å². The summed E-state index contributed by atoms with van der Waals surface area (Å²) in [7, 11) is -3.10. The highest BCUT2D eigenvalue weighted by atomic mass is 79.9. The van der Waals surface area contributed by atoms with Crippen LogP contribution in [0.5, 0.6) is 0 Å². The van der Waals surface area contributed by atoms with Crippen molar-refractivity contribution in [2.75, 3.05) is 25.1 Å². The molecule has 0 radical (unpaired) electrons. The molecule has 0 aromatic heterocycles. The van der Waals surface area contributed by atoms with Crippen LogP contribution in [-0.2, 0) is 13.6 Å². The summed E-state index contributed by atoms with van der Waals surface area (Å²) in [6.45, 7) is 5.68. The van der Waals surface area contributed by atoms with Crippen molar-refractivity contribution in [1.29, 1.82) is 0 Å². The summed E-state index contributed by atoms with van der Waals surface area (Å²) in [6.07, 6.45) is 11.8. The predicted molar refractivity (Wildman–Crippen MR) is 98.8 cm³/mol. The van der Waals surface area contributed by atoms with E-state index in [0.29, 0.717) is 19.8 Å². The lowest BCUT2D eigenvalue weighted by Gasteiger charge is -2.18. The third-order valence-electron chi connectivity index (χ3n) is 3.42. The van der Waals surface area contributed by atoms with Crippen molar-refractivity contribution in [3.05, 3.63) is 0 Å². The van der Waals surface area contributed by atoms with Gasteiger partial charge in [-0.25, -0.2) is 9.65 Å². The highest BCUT2D eigenvalue weighted by Gasteiger charge is 2.22. The van der Waals surface area contributed by atoms with Gasteiger partial charge in [-0.3, -0.25) is 9.05 Å². The van der Waals surface area contributed by atoms with E-state index >= 15 is 0 Å². The average Bonchev–Trinajstić information content (AvgIpc) is 2.50. The minimum Gasteiger partial charge on any atom is -0.297 e. The van der Waals surface area contributed by atoms with Crippen molar-refractivity contribution < 1.29 is 13.6 Å². The summed E-state index contributed by atoms with van der Waals surface area (Å²) in [5.74, 6) is 0. The Morgan fingerprint density at radius 2 is 1.50 bits per heavy atom. The predicted octanol–water partition coefficient (Wildman–Crippen LogP) is 6.05. The fourth-order valence-corrected chi connectivity index (χ4v) is 3.95. The second-order valence-corrected chi connectivity index (χ2v) is 8.15. The second-order valence-electron chi connectivity index (χ2n) is 5.53. The Bertz CT molecular complexity index is 280. The quantitative estimate of drug-likeness (QED) is 0.183. The lowest BCUT2D eigenvalue weighted by molar-refractivity contribution is 0.199. The third-order valence-corrected chi connectivity index (χ3v) is 5.72. The van der Waals surface area contributed by atoms with Crippen LogP contribution in [0, 0.1) is 0 Å². The Morgan fingerprint density at radius 3 is 2.14 bits per heavy atom. The van der Waals surface area contributed by atoms with E-state index in [1.807, 2.05) is 6.92 Å². The van der Waals surface area contributed by atoms with Crippen LogP contribution < -0.4 is 5.09 Å². The van der Waals surface area contributed by atoms with Crippen molar-refractivity contribution >= 4 is 23.7 Å². The van der Waals surface area contributed by atoms with Gasteiger partial charge in [-0.1, -0.05) is 67.8 Å². The van der Waals surface area contributed by atoms with Crippen LogP contribution in [0.1, 0.15) is 78.1 Å². The number of hydrogen-bond acceptors (Lipinski definition) is 3. The fourth-order valence-electron chi connectivity index (χ4n) is 2.15. The van der Waals surface area contributed by atoms with Crippen LogP contribution in [0.4, 0.5) is 0 Å². The first-order valence-electron chi connectivity index (χ1n) is 8.88. The van der Waals surface area contributed by atoms with Gasteiger partial charge in [0, 0.05) is 11.9 Å². The van der Waals surface area contributed by atoms with Crippen molar-refractivity contribution in [3.63, 3.8) is 0 Å². The molecular weight excluding hydrogens is 365 g/mol. The Morgan fingerprint density at radius 1 is 0.864 bits per heavy atom. The van der Waals surface area contributed by atoms with Gasteiger partial charge in [-0.15, -0.1) is 0 Å². The molecule has 0 saturated carbocycles. The maximum Gasteiger partial charge on any atom is 0.405 e. The van der Waals surface area contributed by atoms with E-state index in [2.05, 4.69) is 27.9 Å². The monoisotopic (exact) mass is 399 g/mol.